The predicted octanol–water partition coefficient (Wildman–Crippen LogP) is 4.63. The van der Waals surface area contributed by atoms with Crippen LogP contribution in [0, 0.1) is 18.3 Å². The number of carbonyl (C=O) groups excluding carboxylic acids is 2. The standard InChI is InChI=1S/C25H27NO6/c1-4-29-23-16-19(15-20(17-26)25(28)30-5-2)11-12-22(23)32-24(27)10-7-13-31-21-9-6-8-18(3)14-21/h6,8-9,11-12,14-16H,4-5,7,10,13H2,1-3H3. The van der Waals surface area contributed by atoms with Crippen molar-refractivity contribution in [3.8, 4) is 23.3 Å². The minimum Gasteiger partial charge on any atom is -0.494 e. The number of benzene rings is 2. The van der Waals surface area contributed by atoms with Gasteiger partial charge in [-0.05, 0) is 68.7 Å². The molecular weight excluding hydrogens is 410 g/mol. The van der Waals surface area contributed by atoms with E-state index in [0.717, 1.165) is 11.3 Å². The molecule has 0 aliphatic rings. The molecule has 0 aliphatic heterocycles. The van der Waals surface area contributed by atoms with Gasteiger partial charge in [0.05, 0.1) is 19.8 Å². The van der Waals surface area contributed by atoms with Crippen LogP contribution in [0.4, 0.5) is 0 Å². The maximum absolute atomic E-state index is 12.3. The second-order valence-corrected chi connectivity index (χ2v) is 6.77. The lowest BCUT2D eigenvalue weighted by atomic mass is 10.1. The average Bonchev–Trinajstić information content (AvgIpc) is 2.77. The Kier molecular flexibility index (Phi) is 9.79. The molecule has 0 radical (unpaired) electrons. The molecule has 0 unspecified atom stereocenters. The molecule has 0 bridgehead atoms. The molecule has 0 atom stereocenters. The van der Waals surface area contributed by atoms with E-state index in [4.69, 9.17) is 18.9 Å². The summed E-state index contributed by atoms with van der Waals surface area (Å²) in [6.07, 6.45) is 2.08. The Morgan fingerprint density at radius 1 is 1.03 bits per heavy atom. The van der Waals surface area contributed by atoms with E-state index in [9.17, 15) is 14.9 Å². The Labute approximate surface area is 188 Å². The molecule has 2 aromatic carbocycles. The first-order valence-electron chi connectivity index (χ1n) is 10.4. The van der Waals surface area contributed by atoms with Crippen molar-refractivity contribution in [2.45, 2.75) is 33.6 Å². The fourth-order valence-electron chi connectivity index (χ4n) is 2.76. The predicted molar refractivity (Wildman–Crippen MR) is 119 cm³/mol. The van der Waals surface area contributed by atoms with Crippen LogP contribution in [0.5, 0.6) is 17.2 Å². The summed E-state index contributed by atoms with van der Waals surface area (Å²) in [4.78, 5) is 24.1. The van der Waals surface area contributed by atoms with Gasteiger partial charge in [0.2, 0.25) is 0 Å². The molecule has 7 heteroatoms. The largest absolute Gasteiger partial charge is 0.494 e. The first-order valence-corrected chi connectivity index (χ1v) is 10.4. The number of nitriles is 1. The topological polar surface area (TPSA) is 94.9 Å². The van der Waals surface area contributed by atoms with Crippen LogP contribution in [0.2, 0.25) is 0 Å². The summed E-state index contributed by atoms with van der Waals surface area (Å²) < 4.78 is 21.5. The van der Waals surface area contributed by atoms with Crippen molar-refractivity contribution in [1.82, 2.24) is 0 Å². The zero-order valence-corrected chi connectivity index (χ0v) is 18.6. The molecule has 0 heterocycles. The van der Waals surface area contributed by atoms with Gasteiger partial charge in [-0.1, -0.05) is 18.2 Å². The lowest BCUT2D eigenvalue weighted by Gasteiger charge is -2.12. The van der Waals surface area contributed by atoms with Gasteiger partial charge in [0.1, 0.15) is 17.4 Å². The summed E-state index contributed by atoms with van der Waals surface area (Å²) in [6, 6.07) is 14.3. The van der Waals surface area contributed by atoms with Gasteiger partial charge in [-0.15, -0.1) is 0 Å². The van der Waals surface area contributed by atoms with Crippen LogP contribution < -0.4 is 14.2 Å². The van der Waals surface area contributed by atoms with E-state index in [-0.39, 0.29) is 24.4 Å². The minimum absolute atomic E-state index is 0.132. The Morgan fingerprint density at radius 3 is 2.53 bits per heavy atom. The van der Waals surface area contributed by atoms with Crippen LogP contribution in [0.25, 0.3) is 6.08 Å². The Morgan fingerprint density at radius 2 is 1.84 bits per heavy atom. The van der Waals surface area contributed by atoms with Crippen LogP contribution >= 0.6 is 0 Å². The molecule has 0 spiro atoms. The molecule has 32 heavy (non-hydrogen) atoms. The highest BCUT2D eigenvalue weighted by molar-refractivity contribution is 5.98. The van der Waals surface area contributed by atoms with Crippen molar-refractivity contribution < 1.29 is 28.5 Å². The second-order valence-electron chi connectivity index (χ2n) is 6.77. The first kappa shape index (κ1) is 24.5. The van der Waals surface area contributed by atoms with Crippen molar-refractivity contribution in [3.05, 3.63) is 59.2 Å². The molecule has 168 valence electrons. The molecule has 0 saturated carbocycles. The fraction of sp³-hybridized carbons (Fsp3) is 0.320. The van der Waals surface area contributed by atoms with Crippen molar-refractivity contribution in [3.63, 3.8) is 0 Å². The maximum atomic E-state index is 12.3. The van der Waals surface area contributed by atoms with Gasteiger partial charge >= 0.3 is 11.9 Å². The summed E-state index contributed by atoms with van der Waals surface area (Å²) in [5.41, 5.74) is 1.52. The van der Waals surface area contributed by atoms with Crippen LogP contribution in [-0.2, 0) is 14.3 Å². The van der Waals surface area contributed by atoms with Crippen LogP contribution in [0.15, 0.2) is 48.0 Å². The lowest BCUT2D eigenvalue weighted by molar-refractivity contribution is -0.138. The third kappa shape index (κ3) is 7.80. The van der Waals surface area contributed by atoms with E-state index in [1.165, 1.54) is 6.08 Å². The normalized spacial score (nSPS) is 10.8. The number of hydrogen-bond acceptors (Lipinski definition) is 7. The monoisotopic (exact) mass is 437 g/mol. The highest BCUT2D eigenvalue weighted by atomic mass is 16.6. The summed E-state index contributed by atoms with van der Waals surface area (Å²) in [5, 5.41) is 9.19. The highest BCUT2D eigenvalue weighted by Crippen LogP contribution is 2.30. The fourth-order valence-corrected chi connectivity index (χ4v) is 2.76. The summed E-state index contributed by atoms with van der Waals surface area (Å²) in [7, 11) is 0. The van der Waals surface area contributed by atoms with Gasteiger partial charge in [-0.2, -0.15) is 5.26 Å². The van der Waals surface area contributed by atoms with Crippen molar-refractivity contribution in [2.75, 3.05) is 19.8 Å². The molecule has 0 fully saturated rings. The third-order valence-electron chi connectivity index (χ3n) is 4.20. The lowest BCUT2D eigenvalue weighted by Crippen LogP contribution is -2.11. The molecule has 0 amide bonds. The second kappa shape index (κ2) is 12.8. The number of aryl methyl sites for hydroxylation is 1. The van der Waals surface area contributed by atoms with E-state index in [2.05, 4.69) is 0 Å². The Hall–Kier alpha value is -3.79. The van der Waals surface area contributed by atoms with Crippen LogP contribution in [0.3, 0.4) is 0 Å². The number of esters is 2. The van der Waals surface area contributed by atoms with Gasteiger partial charge < -0.3 is 18.9 Å². The van der Waals surface area contributed by atoms with E-state index < -0.39 is 11.9 Å². The number of nitrogens with zero attached hydrogens (tertiary/aromatic N) is 1. The molecule has 0 aliphatic carbocycles. The minimum atomic E-state index is -0.698. The van der Waals surface area contributed by atoms with E-state index in [0.29, 0.717) is 30.9 Å². The smallest absolute Gasteiger partial charge is 0.348 e. The van der Waals surface area contributed by atoms with Gasteiger partial charge in [-0.25, -0.2) is 4.79 Å². The Balaban J connectivity index is 1.98. The molecular formula is C25H27NO6. The first-order chi connectivity index (χ1) is 15.5. The SMILES string of the molecule is CCOC(=O)C(C#N)=Cc1ccc(OC(=O)CCCOc2cccc(C)c2)c(OCC)c1. The molecule has 0 aromatic heterocycles. The zero-order chi connectivity index (χ0) is 23.3. The number of rotatable bonds is 11. The van der Waals surface area contributed by atoms with Crippen molar-refractivity contribution >= 4 is 18.0 Å². The zero-order valence-electron chi connectivity index (χ0n) is 18.6. The van der Waals surface area contributed by atoms with E-state index >= 15 is 0 Å². The van der Waals surface area contributed by atoms with Gasteiger partial charge in [-0.3, -0.25) is 4.79 Å². The van der Waals surface area contributed by atoms with Crippen LogP contribution in [0.1, 0.15) is 37.8 Å². The average molecular weight is 437 g/mol. The molecule has 2 aromatic rings. The van der Waals surface area contributed by atoms with E-state index in [1.54, 1.807) is 32.0 Å². The Bertz CT molecular complexity index is 1010. The van der Waals surface area contributed by atoms with E-state index in [1.807, 2.05) is 37.3 Å². The summed E-state index contributed by atoms with van der Waals surface area (Å²) in [6.45, 7) is 6.37. The molecule has 0 saturated heterocycles. The summed E-state index contributed by atoms with van der Waals surface area (Å²) >= 11 is 0. The number of hydrogen-bond donors (Lipinski definition) is 0. The quantitative estimate of drug-likeness (QED) is 0.166. The number of ether oxygens (including phenoxy) is 4. The maximum Gasteiger partial charge on any atom is 0.348 e. The number of carbonyl (C=O) groups is 2. The van der Waals surface area contributed by atoms with Gasteiger partial charge in [0, 0.05) is 6.42 Å². The van der Waals surface area contributed by atoms with Crippen molar-refractivity contribution in [2.24, 2.45) is 0 Å². The van der Waals surface area contributed by atoms with Crippen molar-refractivity contribution in [1.29, 1.82) is 5.26 Å². The highest BCUT2D eigenvalue weighted by Gasteiger charge is 2.14. The molecule has 7 nitrogen and oxygen atoms in total. The summed E-state index contributed by atoms with van der Waals surface area (Å²) in [5.74, 6) is 0.262. The third-order valence-corrected chi connectivity index (χ3v) is 4.20. The molecule has 2 rings (SSSR count). The van der Waals surface area contributed by atoms with Gasteiger partial charge in [0.25, 0.3) is 0 Å². The van der Waals surface area contributed by atoms with Gasteiger partial charge in [0.15, 0.2) is 11.5 Å². The van der Waals surface area contributed by atoms with Crippen LogP contribution in [-0.4, -0.2) is 31.8 Å². The molecule has 0 N–H and O–H groups in total.